The zero-order valence-electron chi connectivity index (χ0n) is 13.3. The number of nitrogens with zero attached hydrogens (tertiary/aromatic N) is 1. The first-order valence-corrected chi connectivity index (χ1v) is 8.17. The van der Waals surface area contributed by atoms with Crippen molar-refractivity contribution in [1.82, 2.24) is 9.88 Å². The van der Waals surface area contributed by atoms with Crippen LogP contribution in [0.4, 0.5) is 0 Å². The fraction of sp³-hybridized carbons (Fsp3) is 0.250. The molecule has 0 spiro atoms. The minimum absolute atomic E-state index is 0.0582. The molecule has 3 nitrogen and oxygen atoms in total. The number of rotatable bonds is 2. The molecular formula is C20H20N2O. The molecule has 116 valence electrons. The van der Waals surface area contributed by atoms with Gasteiger partial charge in [0.1, 0.15) is 5.69 Å². The maximum absolute atomic E-state index is 12.9. The average Bonchev–Trinajstić information content (AvgIpc) is 3.04. The van der Waals surface area contributed by atoms with Crippen molar-refractivity contribution in [3.8, 4) is 0 Å². The van der Waals surface area contributed by atoms with Gasteiger partial charge in [0.2, 0.25) is 0 Å². The van der Waals surface area contributed by atoms with Gasteiger partial charge in [-0.1, -0.05) is 42.5 Å². The molecule has 1 heterocycles. The van der Waals surface area contributed by atoms with E-state index in [0.717, 1.165) is 30.2 Å². The third-order valence-electron chi connectivity index (χ3n) is 4.89. The van der Waals surface area contributed by atoms with Gasteiger partial charge in [0.25, 0.3) is 5.91 Å². The number of amides is 1. The Hall–Kier alpha value is -2.55. The molecule has 2 aromatic carbocycles. The Balaban J connectivity index is 1.66. The molecule has 1 amide bonds. The summed E-state index contributed by atoms with van der Waals surface area (Å²) in [5.74, 6) is 0.0582. The summed E-state index contributed by atoms with van der Waals surface area (Å²) in [6, 6.07) is 18.6. The predicted octanol–water partition coefficient (Wildman–Crippen LogP) is 4.32. The number of hydrogen-bond acceptors (Lipinski definition) is 1. The molecule has 23 heavy (non-hydrogen) atoms. The third kappa shape index (κ3) is 2.42. The minimum atomic E-state index is 0.0582. The van der Waals surface area contributed by atoms with Crippen molar-refractivity contribution in [1.29, 1.82) is 0 Å². The molecule has 4 rings (SSSR count). The van der Waals surface area contributed by atoms with Crippen LogP contribution < -0.4 is 0 Å². The van der Waals surface area contributed by atoms with E-state index in [1.807, 2.05) is 42.3 Å². The summed E-state index contributed by atoms with van der Waals surface area (Å²) in [6.07, 6.45) is 3.27. The number of H-pyrrole nitrogens is 1. The highest BCUT2D eigenvalue weighted by atomic mass is 16.2. The number of aromatic amines is 1. The van der Waals surface area contributed by atoms with Crippen LogP contribution in [0.25, 0.3) is 10.9 Å². The summed E-state index contributed by atoms with van der Waals surface area (Å²) in [7, 11) is 1.92. The number of fused-ring (bicyclic) bond motifs is 2. The van der Waals surface area contributed by atoms with Crippen LogP contribution >= 0.6 is 0 Å². The molecule has 3 heteroatoms. The monoisotopic (exact) mass is 304 g/mol. The molecule has 0 saturated heterocycles. The Labute approximate surface area is 135 Å². The van der Waals surface area contributed by atoms with Gasteiger partial charge in [0.15, 0.2) is 0 Å². The minimum Gasteiger partial charge on any atom is -0.351 e. The summed E-state index contributed by atoms with van der Waals surface area (Å²) in [6.45, 7) is 0. The van der Waals surface area contributed by atoms with E-state index >= 15 is 0 Å². The largest absolute Gasteiger partial charge is 0.351 e. The Kier molecular flexibility index (Phi) is 3.41. The fourth-order valence-electron chi connectivity index (χ4n) is 3.65. The van der Waals surface area contributed by atoms with Crippen LogP contribution in [0.2, 0.25) is 0 Å². The summed E-state index contributed by atoms with van der Waals surface area (Å²) < 4.78 is 0. The molecule has 1 aliphatic carbocycles. The van der Waals surface area contributed by atoms with E-state index in [2.05, 4.69) is 29.2 Å². The maximum atomic E-state index is 12.9. The van der Waals surface area contributed by atoms with Crippen LogP contribution in [0.1, 0.15) is 40.5 Å². The highest BCUT2D eigenvalue weighted by molar-refractivity contribution is 5.98. The van der Waals surface area contributed by atoms with Gasteiger partial charge in [0, 0.05) is 18.0 Å². The van der Waals surface area contributed by atoms with Gasteiger partial charge in [-0.3, -0.25) is 4.79 Å². The van der Waals surface area contributed by atoms with Crippen molar-refractivity contribution in [3.63, 3.8) is 0 Å². The molecule has 3 aromatic rings. The van der Waals surface area contributed by atoms with Crippen LogP contribution in [-0.4, -0.2) is 22.8 Å². The van der Waals surface area contributed by atoms with Gasteiger partial charge in [-0.2, -0.15) is 0 Å². The number of carbonyl (C=O) groups is 1. The fourth-order valence-corrected chi connectivity index (χ4v) is 3.65. The second-order valence-electron chi connectivity index (χ2n) is 6.29. The normalized spacial score (nSPS) is 17.0. The average molecular weight is 304 g/mol. The lowest BCUT2D eigenvalue weighted by Gasteiger charge is -2.33. The lowest BCUT2D eigenvalue weighted by molar-refractivity contribution is 0.0710. The van der Waals surface area contributed by atoms with Crippen LogP contribution in [-0.2, 0) is 6.42 Å². The Morgan fingerprint density at radius 2 is 1.91 bits per heavy atom. The molecule has 0 bridgehead atoms. The molecule has 1 aliphatic rings. The van der Waals surface area contributed by atoms with E-state index in [-0.39, 0.29) is 11.9 Å². The first kappa shape index (κ1) is 14.1. The van der Waals surface area contributed by atoms with E-state index in [1.165, 1.54) is 11.1 Å². The summed E-state index contributed by atoms with van der Waals surface area (Å²) in [5, 5.41) is 1.08. The second kappa shape index (κ2) is 5.58. The molecule has 1 N–H and O–H groups in total. The summed E-state index contributed by atoms with van der Waals surface area (Å²) in [4.78, 5) is 18.1. The number of aromatic nitrogens is 1. The number of nitrogens with one attached hydrogen (secondary N) is 1. The molecule has 1 unspecified atom stereocenters. The van der Waals surface area contributed by atoms with Gasteiger partial charge in [-0.15, -0.1) is 0 Å². The highest BCUT2D eigenvalue weighted by Crippen LogP contribution is 2.34. The molecule has 1 aromatic heterocycles. The van der Waals surface area contributed by atoms with Gasteiger partial charge >= 0.3 is 0 Å². The van der Waals surface area contributed by atoms with Crippen molar-refractivity contribution >= 4 is 16.8 Å². The van der Waals surface area contributed by atoms with Gasteiger partial charge in [-0.05, 0) is 42.5 Å². The van der Waals surface area contributed by atoms with Crippen LogP contribution in [0.3, 0.4) is 0 Å². The first-order valence-electron chi connectivity index (χ1n) is 8.17. The Bertz CT molecular complexity index is 832. The SMILES string of the molecule is CN(C(=O)c1cc2ccccc2[nH]1)C1CCCc2ccccc21. The van der Waals surface area contributed by atoms with E-state index < -0.39 is 0 Å². The first-order chi connectivity index (χ1) is 11.2. The van der Waals surface area contributed by atoms with Gasteiger partial charge < -0.3 is 9.88 Å². The summed E-state index contributed by atoms with van der Waals surface area (Å²) in [5.41, 5.74) is 4.34. The number of aryl methyl sites for hydroxylation is 1. The number of benzene rings is 2. The second-order valence-corrected chi connectivity index (χ2v) is 6.29. The van der Waals surface area contributed by atoms with E-state index in [9.17, 15) is 4.79 Å². The Morgan fingerprint density at radius 3 is 2.78 bits per heavy atom. The number of carbonyl (C=O) groups excluding carboxylic acids is 1. The van der Waals surface area contributed by atoms with Crippen molar-refractivity contribution in [2.75, 3.05) is 7.05 Å². The van der Waals surface area contributed by atoms with E-state index in [1.54, 1.807) is 0 Å². The number of para-hydroxylation sites is 1. The zero-order valence-corrected chi connectivity index (χ0v) is 13.3. The standard InChI is InChI=1S/C20H20N2O/c1-22(19-12-6-9-14-7-2-4-10-16(14)19)20(23)18-13-15-8-3-5-11-17(15)21-18/h2-5,7-8,10-11,13,19,21H,6,9,12H2,1H3. The van der Waals surface area contributed by atoms with Crippen molar-refractivity contribution in [3.05, 3.63) is 71.4 Å². The van der Waals surface area contributed by atoms with Crippen LogP contribution in [0.5, 0.6) is 0 Å². The van der Waals surface area contributed by atoms with Crippen molar-refractivity contribution in [2.45, 2.75) is 25.3 Å². The molecule has 0 aliphatic heterocycles. The molecular weight excluding hydrogens is 284 g/mol. The quantitative estimate of drug-likeness (QED) is 0.752. The van der Waals surface area contributed by atoms with E-state index in [4.69, 9.17) is 0 Å². The topological polar surface area (TPSA) is 36.1 Å². The molecule has 1 atom stereocenters. The maximum Gasteiger partial charge on any atom is 0.270 e. The smallest absolute Gasteiger partial charge is 0.270 e. The lowest BCUT2D eigenvalue weighted by Crippen LogP contribution is -2.33. The van der Waals surface area contributed by atoms with Crippen molar-refractivity contribution in [2.24, 2.45) is 0 Å². The molecule has 0 saturated carbocycles. The van der Waals surface area contributed by atoms with Crippen molar-refractivity contribution < 1.29 is 4.79 Å². The summed E-state index contributed by atoms with van der Waals surface area (Å²) >= 11 is 0. The lowest BCUT2D eigenvalue weighted by atomic mass is 9.87. The Morgan fingerprint density at radius 1 is 1.13 bits per heavy atom. The molecule has 0 fully saturated rings. The van der Waals surface area contributed by atoms with Crippen LogP contribution in [0.15, 0.2) is 54.6 Å². The third-order valence-corrected chi connectivity index (χ3v) is 4.89. The van der Waals surface area contributed by atoms with Crippen LogP contribution in [0, 0.1) is 0 Å². The van der Waals surface area contributed by atoms with E-state index in [0.29, 0.717) is 5.69 Å². The van der Waals surface area contributed by atoms with Gasteiger partial charge in [-0.25, -0.2) is 0 Å². The highest BCUT2D eigenvalue weighted by Gasteiger charge is 2.27. The van der Waals surface area contributed by atoms with Gasteiger partial charge in [0.05, 0.1) is 6.04 Å². The zero-order chi connectivity index (χ0) is 15.8. The number of hydrogen-bond donors (Lipinski definition) is 1. The predicted molar refractivity (Wildman–Crippen MR) is 92.5 cm³/mol. The molecule has 0 radical (unpaired) electrons.